The Hall–Kier alpha value is -3.09. The molecule has 7 heteroatoms. The van der Waals surface area contributed by atoms with Gasteiger partial charge in [-0.15, -0.1) is 0 Å². The van der Waals surface area contributed by atoms with E-state index in [-0.39, 0.29) is 30.1 Å². The zero-order valence-electron chi connectivity index (χ0n) is 13.3. The van der Waals surface area contributed by atoms with E-state index in [4.69, 9.17) is 14.2 Å². The first-order valence-electron chi connectivity index (χ1n) is 7.19. The molecule has 126 valence electrons. The molecule has 1 atom stereocenters. The molecule has 0 saturated heterocycles. The van der Waals surface area contributed by atoms with Crippen molar-refractivity contribution in [1.29, 1.82) is 0 Å². The van der Waals surface area contributed by atoms with Crippen LogP contribution in [0.2, 0.25) is 0 Å². The summed E-state index contributed by atoms with van der Waals surface area (Å²) in [6.45, 7) is 2.04. The number of nitrogens with zero attached hydrogens (tertiary/aromatic N) is 1. The fraction of sp³-hybridized carbons (Fsp3) is 0.235. The molecule has 2 aromatic rings. The normalized spacial score (nSPS) is 11.4. The zero-order chi connectivity index (χ0) is 17.5. The van der Waals surface area contributed by atoms with E-state index in [0.717, 1.165) is 5.56 Å². The van der Waals surface area contributed by atoms with Crippen LogP contribution in [0.5, 0.6) is 11.5 Å². The molecule has 0 spiro atoms. The number of carbonyl (C=O) groups excluding carboxylic acids is 1. The van der Waals surface area contributed by atoms with Crippen molar-refractivity contribution in [1.82, 2.24) is 0 Å². The number of nitro groups is 1. The molecule has 0 aliphatic heterocycles. The topological polar surface area (TPSA) is 87.9 Å². The van der Waals surface area contributed by atoms with Gasteiger partial charge in [0.05, 0.1) is 23.7 Å². The van der Waals surface area contributed by atoms with Gasteiger partial charge in [-0.2, -0.15) is 0 Å². The average molecular weight is 331 g/mol. The van der Waals surface area contributed by atoms with E-state index in [2.05, 4.69) is 0 Å². The molecule has 1 unspecified atom stereocenters. The lowest BCUT2D eigenvalue weighted by Gasteiger charge is -2.15. The minimum Gasteiger partial charge on any atom is -0.493 e. The molecule has 0 saturated carbocycles. The average Bonchev–Trinajstić information content (AvgIpc) is 2.60. The van der Waals surface area contributed by atoms with Gasteiger partial charge in [-0.1, -0.05) is 30.3 Å². The number of benzene rings is 2. The van der Waals surface area contributed by atoms with Crippen LogP contribution in [0.1, 0.15) is 24.2 Å². The molecule has 0 N–H and O–H groups in total. The van der Waals surface area contributed by atoms with E-state index >= 15 is 0 Å². The van der Waals surface area contributed by atoms with Crippen LogP contribution in [0.25, 0.3) is 0 Å². The van der Waals surface area contributed by atoms with Gasteiger partial charge in [0.15, 0.2) is 11.5 Å². The zero-order valence-corrected chi connectivity index (χ0v) is 13.3. The van der Waals surface area contributed by atoms with Gasteiger partial charge in [-0.05, 0) is 18.6 Å². The number of methoxy groups -OCH3 is 1. The Bertz CT molecular complexity index is 717. The number of carbonyl (C=O) groups is 1. The molecule has 0 amide bonds. The van der Waals surface area contributed by atoms with Crippen molar-refractivity contribution in [3.05, 3.63) is 63.7 Å². The van der Waals surface area contributed by atoms with Crippen molar-refractivity contribution >= 4 is 12.2 Å². The number of hydrogen-bond donors (Lipinski definition) is 0. The quantitative estimate of drug-likeness (QED) is 0.418. The van der Waals surface area contributed by atoms with Crippen LogP contribution < -0.4 is 9.47 Å². The predicted octanol–water partition coefficient (Wildman–Crippen LogP) is 3.42. The monoisotopic (exact) mass is 331 g/mol. The third kappa shape index (κ3) is 4.01. The van der Waals surface area contributed by atoms with Crippen molar-refractivity contribution < 1.29 is 23.9 Å². The summed E-state index contributed by atoms with van der Waals surface area (Å²) < 4.78 is 15.7. The molecule has 0 radical (unpaired) electrons. The lowest BCUT2D eigenvalue weighted by molar-refractivity contribution is -0.386. The van der Waals surface area contributed by atoms with Gasteiger partial charge in [-0.25, -0.2) is 0 Å². The third-order valence-corrected chi connectivity index (χ3v) is 3.44. The van der Waals surface area contributed by atoms with E-state index in [1.807, 2.05) is 30.3 Å². The number of rotatable bonds is 8. The molecule has 2 rings (SSSR count). The number of nitro benzene ring substituents is 1. The largest absolute Gasteiger partial charge is 0.493 e. The lowest BCUT2D eigenvalue weighted by atomic mass is 10.1. The molecule has 7 nitrogen and oxygen atoms in total. The molecule has 2 aromatic carbocycles. The van der Waals surface area contributed by atoms with Gasteiger partial charge >= 0.3 is 0 Å². The second-order valence-corrected chi connectivity index (χ2v) is 4.97. The first kappa shape index (κ1) is 17.3. The predicted molar refractivity (Wildman–Crippen MR) is 86.0 cm³/mol. The Labute approximate surface area is 138 Å². The summed E-state index contributed by atoms with van der Waals surface area (Å²) in [6, 6.07) is 12.1. The Morgan fingerprint density at radius 2 is 1.92 bits per heavy atom. The van der Waals surface area contributed by atoms with Crippen LogP contribution in [0.15, 0.2) is 42.5 Å². The van der Waals surface area contributed by atoms with Crippen LogP contribution in [-0.2, 0) is 16.1 Å². The van der Waals surface area contributed by atoms with Gasteiger partial charge in [0.1, 0.15) is 12.7 Å². The van der Waals surface area contributed by atoms with Gasteiger partial charge in [-0.3, -0.25) is 14.9 Å². The van der Waals surface area contributed by atoms with E-state index in [1.54, 1.807) is 6.92 Å². The molecule has 24 heavy (non-hydrogen) atoms. The third-order valence-electron chi connectivity index (χ3n) is 3.44. The van der Waals surface area contributed by atoms with E-state index in [9.17, 15) is 14.9 Å². The number of hydrogen-bond acceptors (Lipinski definition) is 6. The van der Waals surface area contributed by atoms with Crippen molar-refractivity contribution in [2.24, 2.45) is 0 Å². The molecular formula is C17H17NO6. The molecule has 0 aliphatic carbocycles. The maximum Gasteiger partial charge on any atom is 0.293 e. The molecule has 0 aliphatic rings. The first-order valence-corrected chi connectivity index (χ1v) is 7.19. The second-order valence-electron chi connectivity index (χ2n) is 4.97. The SMILES string of the molecule is COc1cc(C(C)OC=O)c([N+](=O)[O-])cc1OCc1ccccc1. The first-order chi connectivity index (χ1) is 11.6. The highest BCUT2D eigenvalue weighted by molar-refractivity contribution is 5.55. The maximum absolute atomic E-state index is 11.3. The molecule has 0 bridgehead atoms. The van der Waals surface area contributed by atoms with Gasteiger partial charge < -0.3 is 14.2 Å². The maximum atomic E-state index is 11.3. The molecule has 0 fully saturated rings. The van der Waals surface area contributed by atoms with Crippen LogP contribution in [0.4, 0.5) is 5.69 Å². The van der Waals surface area contributed by atoms with Crippen LogP contribution >= 0.6 is 0 Å². The second kappa shape index (κ2) is 7.96. The highest BCUT2D eigenvalue weighted by Gasteiger charge is 2.24. The lowest BCUT2D eigenvalue weighted by Crippen LogP contribution is -2.05. The summed E-state index contributed by atoms with van der Waals surface area (Å²) in [5.74, 6) is 0.572. The smallest absolute Gasteiger partial charge is 0.293 e. The highest BCUT2D eigenvalue weighted by Crippen LogP contribution is 2.38. The molecule has 0 aromatic heterocycles. The minimum atomic E-state index is -0.778. The van der Waals surface area contributed by atoms with Crippen LogP contribution in [-0.4, -0.2) is 18.5 Å². The Morgan fingerprint density at radius 3 is 2.50 bits per heavy atom. The number of ether oxygens (including phenoxy) is 3. The van der Waals surface area contributed by atoms with E-state index in [1.165, 1.54) is 19.2 Å². The summed E-state index contributed by atoms with van der Waals surface area (Å²) in [6.07, 6.45) is -0.778. The van der Waals surface area contributed by atoms with Crippen molar-refractivity contribution in [2.75, 3.05) is 7.11 Å². The highest BCUT2D eigenvalue weighted by atomic mass is 16.6. The van der Waals surface area contributed by atoms with Crippen LogP contribution in [0, 0.1) is 10.1 Å². The van der Waals surface area contributed by atoms with Gasteiger partial charge in [0, 0.05) is 0 Å². The summed E-state index contributed by atoms with van der Waals surface area (Å²) in [5, 5.41) is 11.3. The van der Waals surface area contributed by atoms with E-state index < -0.39 is 11.0 Å². The summed E-state index contributed by atoms with van der Waals surface area (Å²) in [5.41, 5.74) is 0.952. The summed E-state index contributed by atoms with van der Waals surface area (Å²) in [7, 11) is 1.44. The Kier molecular flexibility index (Phi) is 5.73. The summed E-state index contributed by atoms with van der Waals surface area (Å²) >= 11 is 0. The standard InChI is InChI=1S/C17H17NO6/c1-12(24-11-19)14-8-16(22-2)17(9-15(14)18(20)21)23-10-13-6-4-3-5-7-13/h3-9,11-12H,10H2,1-2H3. The van der Waals surface area contributed by atoms with Crippen molar-refractivity contribution in [3.63, 3.8) is 0 Å². The Morgan fingerprint density at radius 1 is 1.21 bits per heavy atom. The minimum absolute atomic E-state index is 0.201. The van der Waals surface area contributed by atoms with Gasteiger partial charge in [0.2, 0.25) is 0 Å². The van der Waals surface area contributed by atoms with Crippen molar-refractivity contribution in [3.8, 4) is 11.5 Å². The van der Waals surface area contributed by atoms with Crippen LogP contribution in [0.3, 0.4) is 0 Å². The molecular weight excluding hydrogens is 314 g/mol. The fourth-order valence-corrected chi connectivity index (χ4v) is 2.21. The van der Waals surface area contributed by atoms with Crippen molar-refractivity contribution in [2.45, 2.75) is 19.6 Å². The molecule has 0 heterocycles. The fourth-order valence-electron chi connectivity index (χ4n) is 2.21. The summed E-state index contributed by atoms with van der Waals surface area (Å²) in [4.78, 5) is 21.3. The van der Waals surface area contributed by atoms with E-state index in [0.29, 0.717) is 5.75 Å². The Balaban J connectivity index is 2.35. The van der Waals surface area contributed by atoms with Gasteiger partial charge in [0.25, 0.3) is 12.2 Å².